The van der Waals surface area contributed by atoms with Gasteiger partial charge in [0, 0.05) is 39.0 Å². The van der Waals surface area contributed by atoms with Crippen LogP contribution in [-0.4, -0.2) is 75.2 Å². The van der Waals surface area contributed by atoms with E-state index in [9.17, 15) is 0 Å². The molecule has 28 heavy (non-hydrogen) atoms. The third-order valence-corrected chi connectivity index (χ3v) is 5.19. The molecule has 0 aromatic carbocycles. The summed E-state index contributed by atoms with van der Waals surface area (Å²) >= 11 is 0. The van der Waals surface area contributed by atoms with Crippen molar-refractivity contribution in [3.05, 3.63) is 30.7 Å². The van der Waals surface area contributed by atoms with Gasteiger partial charge in [-0.2, -0.15) is 9.50 Å². The number of hydrogen-bond donors (Lipinski definition) is 1. The molecule has 0 saturated carbocycles. The van der Waals surface area contributed by atoms with E-state index < -0.39 is 0 Å². The van der Waals surface area contributed by atoms with Crippen molar-refractivity contribution >= 4 is 23.2 Å². The van der Waals surface area contributed by atoms with Gasteiger partial charge in [0.1, 0.15) is 18.0 Å². The smallest absolute Gasteiger partial charge is 0.227 e. The van der Waals surface area contributed by atoms with E-state index in [0.717, 1.165) is 75.5 Å². The van der Waals surface area contributed by atoms with Gasteiger partial charge in [0.05, 0.1) is 12.6 Å². The minimum Gasteiger partial charge on any atom is -0.379 e. The van der Waals surface area contributed by atoms with Crippen LogP contribution in [0.1, 0.15) is 12.8 Å². The minimum absolute atomic E-state index is 0.326. The first-order valence-corrected chi connectivity index (χ1v) is 9.69. The molecule has 2 aliphatic rings. The standard InChI is InChI=1S/C18H23N9O/c1-2-14(12-28-11-1)21-15-5-6-19-18(22-15)26-9-7-25(8-10-26)17-4-3-16-23-20-13-27(16)24-17/h3-6,13-14H,1-2,7-12H2,(H,19,21,22). The van der Waals surface area contributed by atoms with Gasteiger partial charge in [-0.05, 0) is 31.0 Å². The molecule has 2 fully saturated rings. The lowest BCUT2D eigenvalue weighted by Crippen LogP contribution is -2.47. The Balaban J connectivity index is 1.23. The molecule has 10 heteroatoms. The molecule has 5 heterocycles. The fourth-order valence-corrected chi connectivity index (χ4v) is 3.67. The number of hydrogen-bond acceptors (Lipinski definition) is 9. The summed E-state index contributed by atoms with van der Waals surface area (Å²) in [6, 6.07) is 6.18. The maximum Gasteiger partial charge on any atom is 0.227 e. The van der Waals surface area contributed by atoms with E-state index >= 15 is 0 Å². The van der Waals surface area contributed by atoms with Gasteiger partial charge in [0.15, 0.2) is 5.65 Å². The first-order chi connectivity index (χ1) is 13.8. The van der Waals surface area contributed by atoms with Crippen molar-refractivity contribution in [1.82, 2.24) is 29.8 Å². The molecular weight excluding hydrogens is 358 g/mol. The van der Waals surface area contributed by atoms with Crippen molar-refractivity contribution in [2.45, 2.75) is 18.9 Å². The van der Waals surface area contributed by atoms with E-state index in [2.05, 4.69) is 35.4 Å². The van der Waals surface area contributed by atoms with Crippen LogP contribution in [0.15, 0.2) is 30.7 Å². The number of rotatable bonds is 4. The lowest BCUT2D eigenvalue weighted by molar-refractivity contribution is 0.0875. The van der Waals surface area contributed by atoms with Gasteiger partial charge < -0.3 is 19.9 Å². The van der Waals surface area contributed by atoms with Gasteiger partial charge in [0.2, 0.25) is 5.95 Å². The zero-order chi connectivity index (χ0) is 18.8. The van der Waals surface area contributed by atoms with Gasteiger partial charge in [-0.1, -0.05) is 0 Å². The Hall–Kier alpha value is -3.01. The summed E-state index contributed by atoms with van der Waals surface area (Å²) in [5, 5.41) is 15.9. The minimum atomic E-state index is 0.326. The Morgan fingerprint density at radius 3 is 2.82 bits per heavy atom. The molecule has 146 valence electrons. The summed E-state index contributed by atoms with van der Waals surface area (Å²) in [4.78, 5) is 13.7. The Kier molecular flexibility index (Phi) is 4.61. The summed E-state index contributed by atoms with van der Waals surface area (Å²) in [6.45, 7) is 5.00. The molecule has 0 spiro atoms. The van der Waals surface area contributed by atoms with Crippen molar-refractivity contribution in [3.8, 4) is 0 Å². The molecule has 1 unspecified atom stereocenters. The maximum absolute atomic E-state index is 5.54. The van der Waals surface area contributed by atoms with Crippen LogP contribution >= 0.6 is 0 Å². The van der Waals surface area contributed by atoms with E-state index in [1.807, 2.05) is 24.4 Å². The average molecular weight is 381 g/mol. The van der Waals surface area contributed by atoms with E-state index in [4.69, 9.17) is 9.72 Å². The second-order valence-corrected chi connectivity index (χ2v) is 7.10. The molecule has 2 aliphatic heterocycles. The number of aromatic nitrogens is 6. The quantitative estimate of drug-likeness (QED) is 0.705. The van der Waals surface area contributed by atoms with Crippen LogP contribution in [-0.2, 0) is 4.74 Å². The molecule has 0 amide bonds. The number of piperazine rings is 1. The van der Waals surface area contributed by atoms with E-state index in [1.54, 1.807) is 10.8 Å². The van der Waals surface area contributed by atoms with Crippen LogP contribution in [0.3, 0.4) is 0 Å². The Labute approximate surface area is 162 Å². The molecule has 1 N–H and O–H groups in total. The Morgan fingerprint density at radius 1 is 1.07 bits per heavy atom. The largest absolute Gasteiger partial charge is 0.379 e. The first-order valence-electron chi connectivity index (χ1n) is 9.69. The van der Waals surface area contributed by atoms with Crippen LogP contribution < -0.4 is 15.1 Å². The predicted molar refractivity (Wildman–Crippen MR) is 105 cm³/mol. The summed E-state index contributed by atoms with van der Waals surface area (Å²) in [7, 11) is 0. The maximum atomic E-state index is 5.54. The third kappa shape index (κ3) is 3.55. The topological polar surface area (TPSA) is 96.6 Å². The lowest BCUT2D eigenvalue weighted by Gasteiger charge is -2.35. The van der Waals surface area contributed by atoms with E-state index in [0.29, 0.717) is 6.04 Å². The molecule has 3 aromatic heterocycles. The van der Waals surface area contributed by atoms with Crippen molar-refractivity contribution in [2.24, 2.45) is 0 Å². The summed E-state index contributed by atoms with van der Waals surface area (Å²) in [5.41, 5.74) is 0.753. The van der Waals surface area contributed by atoms with Crippen LogP contribution in [0.4, 0.5) is 17.6 Å². The molecule has 2 saturated heterocycles. The van der Waals surface area contributed by atoms with Crippen molar-refractivity contribution in [2.75, 3.05) is 54.5 Å². The summed E-state index contributed by atoms with van der Waals surface area (Å²) in [6.07, 6.45) is 5.65. The average Bonchev–Trinajstić information content (AvgIpc) is 3.23. The van der Waals surface area contributed by atoms with E-state index in [1.165, 1.54) is 0 Å². The summed E-state index contributed by atoms with van der Waals surface area (Å²) in [5.74, 6) is 2.56. The second kappa shape index (κ2) is 7.55. The van der Waals surface area contributed by atoms with Gasteiger partial charge >= 0.3 is 0 Å². The zero-order valence-electron chi connectivity index (χ0n) is 15.6. The highest BCUT2D eigenvalue weighted by Gasteiger charge is 2.21. The van der Waals surface area contributed by atoms with Gasteiger partial charge in [-0.3, -0.25) is 0 Å². The lowest BCUT2D eigenvalue weighted by atomic mass is 10.1. The van der Waals surface area contributed by atoms with Crippen LogP contribution in [0, 0.1) is 0 Å². The highest BCUT2D eigenvalue weighted by atomic mass is 16.5. The van der Waals surface area contributed by atoms with Gasteiger partial charge in [0.25, 0.3) is 0 Å². The van der Waals surface area contributed by atoms with E-state index in [-0.39, 0.29) is 0 Å². The third-order valence-electron chi connectivity index (χ3n) is 5.19. The monoisotopic (exact) mass is 381 g/mol. The zero-order valence-corrected chi connectivity index (χ0v) is 15.6. The SMILES string of the molecule is c1cc(NC2CCCOC2)nc(N2CCN(c3ccc4nncn4n3)CC2)n1. The first kappa shape index (κ1) is 17.1. The Morgan fingerprint density at radius 2 is 1.96 bits per heavy atom. The van der Waals surface area contributed by atoms with Gasteiger partial charge in [-0.15, -0.1) is 15.3 Å². The van der Waals surface area contributed by atoms with Crippen molar-refractivity contribution < 1.29 is 4.74 Å². The summed E-state index contributed by atoms with van der Waals surface area (Å²) < 4.78 is 7.24. The number of fused-ring (bicyclic) bond motifs is 1. The highest BCUT2D eigenvalue weighted by molar-refractivity contribution is 5.48. The van der Waals surface area contributed by atoms with Crippen LogP contribution in [0.25, 0.3) is 5.65 Å². The van der Waals surface area contributed by atoms with Crippen molar-refractivity contribution in [1.29, 1.82) is 0 Å². The molecule has 0 aliphatic carbocycles. The number of anilines is 3. The molecule has 10 nitrogen and oxygen atoms in total. The molecule has 3 aromatic rings. The number of nitrogens with one attached hydrogen (secondary N) is 1. The fourth-order valence-electron chi connectivity index (χ4n) is 3.67. The number of nitrogens with zero attached hydrogens (tertiary/aromatic N) is 8. The number of ether oxygens (including phenoxy) is 1. The Bertz CT molecular complexity index is 931. The molecule has 0 radical (unpaired) electrons. The van der Waals surface area contributed by atoms with Crippen molar-refractivity contribution in [3.63, 3.8) is 0 Å². The predicted octanol–water partition coefficient (Wildman–Crippen LogP) is 0.832. The van der Waals surface area contributed by atoms with Gasteiger partial charge in [-0.25, -0.2) is 4.98 Å². The highest BCUT2D eigenvalue weighted by Crippen LogP contribution is 2.19. The molecule has 1 atom stereocenters. The fraction of sp³-hybridized carbons (Fsp3) is 0.500. The van der Waals surface area contributed by atoms with Crippen LogP contribution in [0.2, 0.25) is 0 Å². The molecule has 5 rings (SSSR count). The normalized spacial score (nSPS) is 20.5. The molecule has 0 bridgehead atoms. The van der Waals surface area contributed by atoms with Crippen LogP contribution in [0.5, 0.6) is 0 Å². The second-order valence-electron chi connectivity index (χ2n) is 7.10. The molecular formula is C18H23N9O.